The fourth-order valence-corrected chi connectivity index (χ4v) is 0.521. The van der Waals surface area contributed by atoms with Gasteiger partial charge in [0.1, 0.15) is 0 Å². The van der Waals surface area contributed by atoms with E-state index >= 15 is 0 Å². The molecule has 0 rings (SSSR count). The molecule has 0 atom stereocenters. The first-order chi connectivity index (χ1) is 4.77. The second kappa shape index (κ2) is 7.03. The van der Waals surface area contributed by atoms with Crippen molar-refractivity contribution in [2.45, 2.75) is 20.3 Å². The molecule has 0 aliphatic rings. The zero-order chi connectivity index (χ0) is 7.82. The Morgan fingerprint density at radius 3 is 2.30 bits per heavy atom. The summed E-state index contributed by atoms with van der Waals surface area (Å²) in [5.74, 6) is 1.41. The van der Waals surface area contributed by atoms with Crippen molar-refractivity contribution in [3.8, 4) is 0 Å². The minimum atomic E-state index is 0.697. The van der Waals surface area contributed by atoms with Crippen LogP contribution in [0.3, 0.4) is 0 Å². The van der Waals surface area contributed by atoms with Crippen LogP contribution in [0.1, 0.15) is 20.3 Å². The van der Waals surface area contributed by atoms with Crippen molar-refractivity contribution in [3.05, 3.63) is 5.92 Å². The SMILES string of the molecule is COCCOCC[C](C)C. The molecule has 2 nitrogen and oxygen atoms in total. The van der Waals surface area contributed by atoms with Crippen LogP contribution in [-0.2, 0) is 9.47 Å². The molecule has 0 fully saturated rings. The van der Waals surface area contributed by atoms with Crippen LogP contribution in [0.5, 0.6) is 0 Å². The molecule has 0 spiro atoms. The standard InChI is InChI=1S/C8H17O2/c1-8(2)4-5-10-7-6-9-3/h4-7H2,1-3H3. The summed E-state index contributed by atoms with van der Waals surface area (Å²) in [5.41, 5.74) is 0. The van der Waals surface area contributed by atoms with E-state index < -0.39 is 0 Å². The maximum absolute atomic E-state index is 5.24. The van der Waals surface area contributed by atoms with Crippen LogP contribution in [0.15, 0.2) is 0 Å². The first-order valence-corrected chi connectivity index (χ1v) is 3.63. The predicted octanol–water partition coefficient (Wildman–Crippen LogP) is 1.65. The van der Waals surface area contributed by atoms with Gasteiger partial charge in [0.2, 0.25) is 0 Å². The molecule has 0 saturated heterocycles. The molecule has 0 bridgehead atoms. The Kier molecular flexibility index (Phi) is 6.98. The lowest BCUT2D eigenvalue weighted by atomic mass is 10.1. The van der Waals surface area contributed by atoms with E-state index in [0.29, 0.717) is 13.2 Å². The van der Waals surface area contributed by atoms with Gasteiger partial charge in [0.05, 0.1) is 13.2 Å². The first-order valence-electron chi connectivity index (χ1n) is 3.63. The van der Waals surface area contributed by atoms with Gasteiger partial charge in [-0.1, -0.05) is 13.8 Å². The van der Waals surface area contributed by atoms with Gasteiger partial charge in [-0.25, -0.2) is 0 Å². The molecule has 0 aliphatic carbocycles. The summed E-state index contributed by atoms with van der Waals surface area (Å²) < 4.78 is 10.1. The lowest BCUT2D eigenvalue weighted by Crippen LogP contribution is -2.04. The van der Waals surface area contributed by atoms with Gasteiger partial charge >= 0.3 is 0 Å². The molecule has 0 aromatic rings. The third-order valence-corrected chi connectivity index (χ3v) is 1.18. The third kappa shape index (κ3) is 7.92. The predicted molar refractivity (Wildman–Crippen MR) is 41.9 cm³/mol. The van der Waals surface area contributed by atoms with E-state index in [1.807, 2.05) is 0 Å². The van der Waals surface area contributed by atoms with Gasteiger partial charge in [-0.05, 0) is 12.3 Å². The average Bonchev–Trinajstić information content (AvgIpc) is 1.87. The molecule has 0 saturated carbocycles. The molecular weight excluding hydrogens is 128 g/mol. The summed E-state index contributed by atoms with van der Waals surface area (Å²) in [7, 11) is 1.68. The summed E-state index contributed by atoms with van der Waals surface area (Å²) in [6.07, 6.45) is 1.06. The second-order valence-electron chi connectivity index (χ2n) is 2.56. The molecule has 0 unspecified atom stereocenters. The monoisotopic (exact) mass is 145 g/mol. The van der Waals surface area contributed by atoms with Gasteiger partial charge < -0.3 is 9.47 Å². The summed E-state index contributed by atoms with van der Waals surface area (Å²) >= 11 is 0. The lowest BCUT2D eigenvalue weighted by molar-refractivity contribution is 0.0707. The minimum Gasteiger partial charge on any atom is -0.382 e. The molecule has 61 valence electrons. The molecular formula is C8H17O2. The van der Waals surface area contributed by atoms with E-state index in [9.17, 15) is 0 Å². The Hall–Kier alpha value is -0.0800. The summed E-state index contributed by atoms with van der Waals surface area (Å²) in [6.45, 7) is 6.46. The van der Waals surface area contributed by atoms with Gasteiger partial charge in [0, 0.05) is 13.7 Å². The fourth-order valence-electron chi connectivity index (χ4n) is 0.521. The van der Waals surface area contributed by atoms with Gasteiger partial charge in [0.25, 0.3) is 0 Å². The molecule has 0 heterocycles. The number of hydrogen-bond acceptors (Lipinski definition) is 2. The number of ether oxygens (including phenoxy) is 2. The largest absolute Gasteiger partial charge is 0.382 e. The van der Waals surface area contributed by atoms with Crippen molar-refractivity contribution in [3.63, 3.8) is 0 Å². The van der Waals surface area contributed by atoms with Crippen LogP contribution < -0.4 is 0 Å². The average molecular weight is 145 g/mol. The Bertz CT molecular complexity index is 62.3. The maximum Gasteiger partial charge on any atom is 0.0700 e. The van der Waals surface area contributed by atoms with Crippen molar-refractivity contribution < 1.29 is 9.47 Å². The van der Waals surface area contributed by atoms with Gasteiger partial charge in [-0.15, -0.1) is 0 Å². The highest BCUT2D eigenvalue weighted by atomic mass is 16.5. The molecule has 0 N–H and O–H groups in total. The van der Waals surface area contributed by atoms with Gasteiger partial charge in [-0.3, -0.25) is 0 Å². The topological polar surface area (TPSA) is 18.5 Å². The van der Waals surface area contributed by atoms with Gasteiger partial charge in [-0.2, -0.15) is 0 Å². The lowest BCUT2D eigenvalue weighted by Gasteiger charge is -2.04. The van der Waals surface area contributed by atoms with Crippen LogP contribution in [0.4, 0.5) is 0 Å². The quantitative estimate of drug-likeness (QED) is 0.529. The van der Waals surface area contributed by atoms with Gasteiger partial charge in [0.15, 0.2) is 0 Å². The van der Waals surface area contributed by atoms with Crippen molar-refractivity contribution in [2.24, 2.45) is 0 Å². The highest BCUT2D eigenvalue weighted by Gasteiger charge is 1.93. The Balaban J connectivity index is 2.77. The van der Waals surface area contributed by atoms with Crippen molar-refractivity contribution in [1.82, 2.24) is 0 Å². The fraction of sp³-hybridized carbons (Fsp3) is 0.875. The molecule has 1 radical (unpaired) electrons. The Morgan fingerprint density at radius 1 is 1.10 bits per heavy atom. The van der Waals surface area contributed by atoms with E-state index in [1.165, 1.54) is 5.92 Å². The van der Waals surface area contributed by atoms with Crippen LogP contribution >= 0.6 is 0 Å². The van der Waals surface area contributed by atoms with Crippen LogP contribution in [0, 0.1) is 5.92 Å². The molecule has 0 amide bonds. The van der Waals surface area contributed by atoms with E-state index in [-0.39, 0.29) is 0 Å². The molecule has 0 aliphatic heterocycles. The number of methoxy groups -OCH3 is 1. The summed E-state index contributed by atoms with van der Waals surface area (Å²) in [5, 5.41) is 0. The molecule has 0 aromatic heterocycles. The van der Waals surface area contributed by atoms with Crippen molar-refractivity contribution >= 4 is 0 Å². The Morgan fingerprint density at radius 2 is 1.80 bits per heavy atom. The summed E-state index contributed by atoms with van der Waals surface area (Å²) in [4.78, 5) is 0. The number of hydrogen-bond donors (Lipinski definition) is 0. The van der Waals surface area contributed by atoms with Crippen LogP contribution in [0.25, 0.3) is 0 Å². The molecule has 0 aromatic carbocycles. The Labute approximate surface area is 63.5 Å². The zero-order valence-electron chi connectivity index (χ0n) is 7.14. The van der Waals surface area contributed by atoms with E-state index in [1.54, 1.807) is 7.11 Å². The van der Waals surface area contributed by atoms with E-state index in [2.05, 4.69) is 13.8 Å². The maximum atomic E-state index is 5.24. The normalized spacial score (nSPS) is 10.8. The van der Waals surface area contributed by atoms with Crippen molar-refractivity contribution in [2.75, 3.05) is 26.9 Å². The van der Waals surface area contributed by atoms with Crippen LogP contribution in [0.2, 0.25) is 0 Å². The van der Waals surface area contributed by atoms with E-state index in [4.69, 9.17) is 9.47 Å². The van der Waals surface area contributed by atoms with Crippen molar-refractivity contribution in [1.29, 1.82) is 0 Å². The van der Waals surface area contributed by atoms with Crippen LogP contribution in [-0.4, -0.2) is 26.9 Å². The minimum absolute atomic E-state index is 0.697. The first kappa shape index (κ1) is 9.92. The number of rotatable bonds is 6. The third-order valence-electron chi connectivity index (χ3n) is 1.18. The second-order valence-corrected chi connectivity index (χ2v) is 2.56. The molecule has 10 heavy (non-hydrogen) atoms. The highest BCUT2D eigenvalue weighted by Crippen LogP contribution is 2.00. The highest BCUT2D eigenvalue weighted by molar-refractivity contribution is 4.75. The van der Waals surface area contributed by atoms with E-state index in [0.717, 1.165) is 13.0 Å². The smallest absolute Gasteiger partial charge is 0.0700 e. The molecule has 2 heteroatoms. The summed E-state index contributed by atoms with van der Waals surface area (Å²) in [6, 6.07) is 0. The zero-order valence-corrected chi connectivity index (χ0v) is 7.14.